The molecule has 0 spiro atoms. The Morgan fingerprint density at radius 3 is 1.84 bits per heavy atom. The van der Waals surface area contributed by atoms with Crippen LogP contribution in [0.15, 0.2) is 151 Å². The molecule has 3 aliphatic rings. The van der Waals surface area contributed by atoms with Crippen LogP contribution in [-0.4, -0.2) is 14.4 Å². The van der Waals surface area contributed by atoms with Crippen LogP contribution < -0.4 is 0 Å². The molecule has 5 heteroatoms. The van der Waals surface area contributed by atoms with Crippen molar-refractivity contribution < 1.29 is 21.1 Å². The van der Waals surface area contributed by atoms with E-state index in [9.17, 15) is 0 Å². The van der Waals surface area contributed by atoms with Gasteiger partial charge in [-0.3, -0.25) is 9.38 Å². The van der Waals surface area contributed by atoms with Crippen molar-refractivity contribution in [3.05, 3.63) is 202 Å². The second kappa shape index (κ2) is 15.2. The molecule has 0 aliphatic heterocycles. The summed E-state index contributed by atoms with van der Waals surface area (Å²) in [6.45, 7) is 20.8. The number of hydrogen-bond acceptors (Lipinski definition) is 3. The molecule has 3 heterocycles. The van der Waals surface area contributed by atoms with E-state index in [-0.39, 0.29) is 49.1 Å². The van der Waals surface area contributed by atoms with Gasteiger partial charge in [-0.25, -0.2) is 4.98 Å². The molecule has 8 aromatic carbocycles. The maximum atomic E-state index is 6.73. The van der Waals surface area contributed by atoms with E-state index in [0.717, 1.165) is 60.1 Å². The zero-order valence-corrected chi connectivity index (χ0v) is 43.7. The summed E-state index contributed by atoms with van der Waals surface area (Å²) in [5.41, 5.74) is 19.8. The Morgan fingerprint density at radius 2 is 1.16 bits per heavy atom. The largest absolute Gasteiger partial charge is 2.00 e. The Labute approximate surface area is 424 Å². The molecule has 14 rings (SSSR count). The minimum absolute atomic E-state index is 0. The van der Waals surface area contributed by atoms with Gasteiger partial charge in [0.25, 0.3) is 0 Å². The van der Waals surface area contributed by atoms with Crippen LogP contribution >= 0.6 is 0 Å². The van der Waals surface area contributed by atoms with Crippen molar-refractivity contribution >= 4 is 72.5 Å². The van der Waals surface area contributed by atoms with Crippen molar-refractivity contribution in [2.75, 3.05) is 0 Å². The van der Waals surface area contributed by atoms with Gasteiger partial charge < -0.3 is 12.6 Å². The quantitative estimate of drug-likeness (QED) is 0.0982. The van der Waals surface area contributed by atoms with Crippen molar-refractivity contribution in [3.8, 4) is 22.4 Å². The van der Waals surface area contributed by atoms with Crippen LogP contribution in [0.1, 0.15) is 124 Å². The number of rotatable bonds is 2. The van der Waals surface area contributed by atoms with Gasteiger partial charge in [0.15, 0.2) is 0 Å². The SMILES string of the molecule is CC(C)(C)c1cc(-c2nccc3ccccc23)[c-]c(-c2cccc3c2nc2c4c([S-])c(C(C)(C)C)cc(C(C)(C)C)c4c4ccc5c6c(ccc5c4n32)C2c3ccccc3C6c3ccccc32)c1.[Pt+2]. The summed E-state index contributed by atoms with van der Waals surface area (Å²) >= 11 is 6.73. The second-order valence-electron chi connectivity index (χ2n) is 22.6. The summed E-state index contributed by atoms with van der Waals surface area (Å²) in [5.74, 6) is 0.330. The molecule has 3 aromatic heterocycles. The van der Waals surface area contributed by atoms with Gasteiger partial charge in [-0.2, -0.15) is 4.90 Å². The molecule has 340 valence electrons. The Bertz CT molecular complexity index is 3950. The summed E-state index contributed by atoms with van der Waals surface area (Å²) in [6, 6.07) is 56.3. The molecular weight excluding hydrogens is 1040 g/mol. The molecular formula is C64H53N3PtS. The van der Waals surface area contributed by atoms with Crippen LogP contribution in [0, 0.1) is 6.07 Å². The minimum Gasteiger partial charge on any atom is -0.779 e. The third kappa shape index (κ3) is 6.34. The average Bonchev–Trinajstić information content (AvgIpc) is 3.72. The van der Waals surface area contributed by atoms with E-state index in [0.29, 0.717) is 0 Å². The molecule has 69 heavy (non-hydrogen) atoms. The van der Waals surface area contributed by atoms with E-state index in [1.807, 2.05) is 6.20 Å². The number of aromatic nitrogens is 3. The number of para-hydroxylation sites is 1. The van der Waals surface area contributed by atoms with Crippen LogP contribution in [-0.2, 0) is 49.9 Å². The molecule has 2 bridgehead atoms. The van der Waals surface area contributed by atoms with Crippen LogP contribution in [0.3, 0.4) is 0 Å². The monoisotopic (exact) mass is 1090 g/mol. The Balaban J connectivity index is 0.00000492. The Kier molecular flexibility index (Phi) is 9.67. The zero-order valence-electron chi connectivity index (χ0n) is 40.6. The fraction of sp³-hybridized carbons (Fsp3) is 0.219. The first-order valence-electron chi connectivity index (χ1n) is 24.2. The molecule has 3 aliphatic carbocycles. The van der Waals surface area contributed by atoms with Gasteiger partial charge in [-0.1, -0.05) is 194 Å². The predicted octanol–water partition coefficient (Wildman–Crippen LogP) is 16.4. The maximum absolute atomic E-state index is 6.73. The van der Waals surface area contributed by atoms with E-state index >= 15 is 0 Å². The van der Waals surface area contributed by atoms with Crippen LogP contribution in [0.2, 0.25) is 0 Å². The smallest absolute Gasteiger partial charge is 0.779 e. The van der Waals surface area contributed by atoms with E-state index in [4.69, 9.17) is 22.6 Å². The van der Waals surface area contributed by atoms with Crippen LogP contribution in [0.5, 0.6) is 0 Å². The number of fused-ring (bicyclic) bond motifs is 11. The first-order valence-corrected chi connectivity index (χ1v) is 24.6. The molecule has 0 saturated carbocycles. The summed E-state index contributed by atoms with van der Waals surface area (Å²) in [7, 11) is 0. The molecule has 3 nitrogen and oxygen atoms in total. The molecule has 0 amide bonds. The van der Waals surface area contributed by atoms with Crippen LogP contribution in [0.25, 0.3) is 82.3 Å². The van der Waals surface area contributed by atoms with E-state index in [2.05, 4.69) is 212 Å². The summed E-state index contributed by atoms with van der Waals surface area (Å²) in [6.07, 6.45) is 1.92. The van der Waals surface area contributed by atoms with Gasteiger partial charge in [-0.05, 0) is 88.9 Å². The molecule has 0 fully saturated rings. The van der Waals surface area contributed by atoms with Gasteiger partial charge in [0.1, 0.15) is 5.65 Å². The van der Waals surface area contributed by atoms with E-state index in [1.165, 1.54) is 77.1 Å². The third-order valence-corrected chi connectivity index (χ3v) is 15.8. The van der Waals surface area contributed by atoms with Crippen molar-refractivity contribution in [2.24, 2.45) is 0 Å². The van der Waals surface area contributed by atoms with Gasteiger partial charge in [0.2, 0.25) is 0 Å². The summed E-state index contributed by atoms with van der Waals surface area (Å²) < 4.78 is 2.48. The maximum Gasteiger partial charge on any atom is 2.00 e. The van der Waals surface area contributed by atoms with Crippen molar-refractivity contribution in [2.45, 2.75) is 95.3 Å². The first-order chi connectivity index (χ1) is 32.6. The topological polar surface area (TPSA) is 30.2 Å². The van der Waals surface area contributed by atoms with Gasteiger partial charge in [-0.15, -0.1) is 29.3 Å². The molecule has 0 N–H and O–H groups in total. The fourth-order valence-corrected chi connectivity index (χ4v) is 12.7. The molecule has 0 unspecified atom stereocenters. The fourth-order valence-electron chi connectivity index (χ4n) is 12.1. The van der Waals surface area contributed by atoms with E-state index in [1.54, 1.807) is 0 Å². The summed E-state index contributed by atoms with van der Waals surface area (Å²) in [4.78, 5) is 11.8. The predicted molar refractivity (Wildman–Crippen MR) is 287 cm³/mol. The Morgan fingerprint density at radius 1 is 0.536 bits per heavy atom. The zero-order chi connectivity index (χ0) is 46.8. The Hall–Kier alpha value is -6.19. The summed E-state index contributed by atoms with van der Waals surface area (Å²) in [5, 5.41) is 8.27. The van der Waals surface area contributed by atoms with Gasteiger partial charge in [0, 0.05) is 39.9 Å². The van der Waals surface area contributed by atoms with Crippen molar-refractivity contribution in [3.63, 3.8) is 0 Å². The van der Waals surface area contributed by atoms with Crippen LogP contribution in [0.4, 0.5) is 0 Å². The second-order valence-corrected chi connectivity index (χ2v) is 23.0. The minimum atomic E-state index is -0.185. The van der Waals surface area contributed by atoms with Gasteiger partial charge in [0.05, 0.1) is 16.6 Å². The number of nitrogens with zero attached hydrogens (tertiary/aromatic N) is 3. The molecule has 0 saturated heterocycles. The van der Waals surface area contributed by atoms with E-state index < -0.39 is 0 Å². The molecule has 0 atom stereocenters. The number of imidazole rings is 1. The standard InChI is InChI=1S/C64H54N3S.Pt/c1-62(2,3)38-32-36(31-37(33-38)57-39-18-11-10-17-35(39)29-30-65-57)40-23-16-24-51-58(40)66-61-56-55(49(63(4,5)6)34-50(60(56)68)64(7,8)9)48-28-25-45-46(59(48)67(51)61)26-27-47-52-41-19-12-14-21-43(41)53(54(45)47)44-22-15-13-20-42(44)52;/h10-30,32-34,52-53,68H,1-9H3;/q-1;+2/p-1. The number of pyridine rings is 2. The van der Waals surface area contributed by atoms with Crippen molar-refractivity contribution in [1.82, 2.24) is 14.4 Å². The molecule has 11 aromatic rings. The van der Waals surface area contributed by atoms with Crippen molar-refractivity contribution in [1.29, 1.82) is 0 Å². The first kappa shape index (κ1) is 44.0. The third-order valence-electron chi connectivity index (χ3n) is 15.3. The normalized spacial score (nSPS) is 15.6. The average molecular weight is 1090 g/mol. The number of benzene rings is 8. The van der Waals surface area contributed by atoms with Gasteiger partial charge >= 0.3 is 21.1 Å². The molecule has 0 radical (unpaired) electrons. The number of hydrogen-bond donors (Lipinski definition) is 0.